The number of amides is 1. The van der Waals surface area contributed by atoms with Crippen molar-refractivity contribution < 1.29 is 13.2 Å². The Balaban J connectivity index is 2.38. The second kappa shape index (κ2) is 5.09. The molecule has 1 amide bonds. The molecule has 0 aliphatic carbocycles. The SMILES string of the molecule is CCc1ccc(C)nc1N1CC(S(=O)(=O)Cl)CC1=O. The molecule has 1 atom stereocenters. The summed E-state index contributed by atoms with van der Waals surface area (Å²) in [7, 11) is 1.61. The zero-order chi connectivity index (χ0) is 14.2. The summed E-state index contributed by atoms with van der Waals surface area (Å²) in [5.74, 6) is 0.303. The summed E-state index contributed by atoms with van der Waals surface area (Å²) in [5.41, 5.74) is 1.71. The summed E-state index contributed by atoms with van der Waals surface area (Å²) in [6.07, 6.45) is 0.648. The van der Waals surface area contributed by atoms with E-state index in [0.29, 0.717) is 5.82 Å². The maximum absolute atomic E-state index is 12.0. The Kier molecular flexibility index (Phi) is 3.82. The molecule has 0 bridgehead atoms. The lowest BCUT2D eigenvalue weighted by molar-refractivity contribution is -0.117. The molecule has 0 aromatic carbocycles. The Morgan fingerprint density at radius 1 is 1.47 bits per heavy atom. The van der Waals surface area contributed by atoms with Crippen LogP contribution in [0.25, 0.3) is 0 Å². The van der Waals surface area contributed by atoms with E-state index in [9.17, 15) is 13.2 Å². The molecule has 0 spiro atoms. The van der Waals surface area contributed by atoms with Crippen LogP contribution in [0.15, 0.2) is 12.1 Å². The highest BCUT2D eigenvalue weighted by Gasteiger charge is 2.39. The number of rotatable bonds is 3. The molecule has 0 saturated carbocycles. The van der Waals surface area contributed by atoms with Crippen LogP contribution in [0.1, 0.15) is 24.6 Å². The number of aromatic nitrogens is 1. The van der Waals surface area contributed by atoms with Gasteiger partial charge in [0.15, 0.2) is 0 Å². The number of pyridine rings is 1. The normalized spacial score (nSPS) is 20.1. The lowest BCUT2D eigenvalue weighted by Crippen LogP contribution is -2.28. The number of carbonyl (C=O) groups is 1. The van der Waals surface area contributed by atoms with E-state index in [4.69, 9.17) is 10.7 Å². The molecule has 1 aliphatic heterocycles. The fraction of sp³-hybridized carbons (Fsp3) is 0.500. The number of hydrogen-bond acceptors (Lipinski definition) is 4. The second-order valence-corrected chi connectivity index (χ2v) is 7.50. The Bertz CT molecular complexity index is 615. The predicted molar refractivity (Wildman–Crippen MR) is 73.9 cm³/mol. The Morgan fingerprint density at radius 3 is 2.68 bits per heavy atom. The summed E-state index contributed by atoms with van der Waals surface area (Å²) in [4.78, 5) is 17.8. The van der Waals surface area contributed by atoms with Gasteiger partial charge in [-0.1, -0.05) is 13.0 Å². The highest BCUT2D eigenvalue weighted by atomic mass is 35.7. The minimum Gasteiger partial charge on any atom is -0.295 e. The molecule has 1 aromatic rings. The lowest BCUT2D eigenvalue weighted by atomic mass is 10.2. The summed E-state index contributed by atoms with van der Waals surface area (Å²) < 4.78 is 22.7. The van der Waals surface area contributed by atoms with E-state index in [0.717, 1.165) is 17.7 Å². The third-order valence-corrected chi connectivity index (χ3v) is 5.09. The van der Waals surface area contributed by atoms with Gasteiger partial charge in [-0.2, -0.15) is 0 Å². The van der Waals surface area contributed by atoms with Gasteiger partial charge in [0.05, 0.1) is 0 Å². The molecule has 1 aromatic heterocycles. The Hall–Kier alpha value is -1.14. The van der Waals surface area contributed by atoms with Gasteiger partial charge in [0, 0.05) is 29.3 Å². The minimum absolute atomic E-state index is 0.0775. The first-order chi connectivity index (χ1) is 8.82. The molecule has 1 aliphatic rings. The second-order valence-electron chi connectivity index (χ2n) is 4.59. The maximum Gasteiger partial charge on any atom is 0.237 e. The highest BCUT2D eigenvalue weighted by molar-refractivity contribution is 8.14. The van der Waals surface area contributed by atoms with Crippen molar-refractivity contribution in [3.05, 3.63) is 23.4 Å². The van der Waals surface area contributed by atoms with Crippen LogP contribution in [0.5, 0.6) is 0 Å². The molecule has 2 heterocycles. The van der Waals surface area contributed by atoms with E-state index in [1.54, 1.807) is 0 Å². The smallest absolute Gasteiger partial charge is 0.237 e. The molecule has 1 fully saturated rings. The lowest BCUT2D eigenvalue weighted by Gasteiger charge is -2.18. The Morgan fingerprint density at radius 2 is 2.16 bits per heavy atom. The topological polar surface area (TPSA) is 67.3 Å². The molecule has 2 rings (SSSR count). The van der Waals surface area contributed by atoms with Gasteiger partial charge in [-0.25, -0.2) is 13.4 Å². The zero-order valence-corrected chi connectivity index (χ0v) is 12.3. The van der Waals surface area contributed by atoms with Crippen LogP contribution in [-0.4, -0.2) is 31.1 Å². The number of hydrogen-bond donors (Lipinski definition) is 0. The van der Waals surface area contributed by atoms with Crippen molar-refractivity contribution in [3.8, 4) is 0 Å². The minimum atomic E-state index is -3.72. The maximum atomic E-state index is 12.0. The quantitative estimate of drug-likeness (QED) is 0.796. The molecule has 1 unspecified atom stereocenters. The van der Waals surface area contributed by atoms with Crippen LogP contribution >= 0.6 is 10.7 Å². The van der Waals surface area contributed by atoms with Crippen LogP contribution in [0.3, 0.4) is 0 Å². The molecule has 1 saturated heterocycles. The fourth-order valence-electron chi connectivity index (χ4n) is 2.15. The van der Waals surface area contributed by atoms with Crippen molar-refractivity contribution in [2.75, 3.05) is 11.4 Å². The van der Waals surface area contributed by atoms with Gasteiger partial charge in [-0.05, 0) is 25.0 Å². The summed E-state index contributed by atoms with van der Waals surface area (Å²) in [6.45, 7) is 3.87. The van der Waals surface area contributed by atoms with Gasteiger partial charge >= 0.3 is 0 Å². The number of anilines is 1. The van der Waals surface area contributed by atoms with E-state index >= 15 is 0 Å². The van der Waals surface area contributed by atoms with Gasteiger partial charge in [0.2, 0.25) is 15.0 Å². The van der Waals surface area contributed by atoms with Crippen LogP contribution in [0, 0.1) is 6.92 Å². The third-order valence-electron chi connectivity index (χ3n) is 3.22. The highest BCUT2D eigenvalue weighted by Crippen LogP contribution is 2.28. The van der Waals surface area contributed by atoms with E-state index in [-0.39, 0.29) is 18.9 Å². The number of aryl methyl sites for hydroxylation is 2. The molecule has 0 radical (unpaired) electrons. The van der Waals surface area contributed by atoms with Crippen LogP contribution in [0.2, 0.25) is 0 Å². The van der Waals surface area contributed by atoms with Crippen LogP contribution in [-0.2, 0) is 20.3 Å². The molecule has 5 nitrogen and oxygen atoms in total. The predicted octanol–water partition coefficient (Wildman–Crippen LogP) is 1.63. The third kappa shape index (κ3) is 2.90. The van der Waals surface area contributed by atoms with Crippen LogP contribution in [0.4, 0.5) is 5.82 Å². The molecular formula is C12H15ClN2O3S. The van der Waals surface area contributed by atoms with E-state index in [1.807, 2.05) is 26.0 Å². The standard InChI is InChI=1S/C12H15ClN2O3S/c1-3-9-5-4-8(2)14-12(9)15-7-10(6-11(15)16)19(13,17)18/h4-5,10H,3,6-7H2,1-2H3. The monoisotopic (exact) mass is 302 g/mol. The van der Waals surface area contributed by atoms with Crippen molar-refractivity contribution in [2.24, 2.45) is 0 Å². The van der Waals surface area contributed by atoms with Gasteiger partial charge in [0.25, 0.3) is 0 Å². The average Bonchev–Trinajstić information content (AvgIpc) is 2.71. The average molecular weight is 303 g/mol. The largest absolute Gasteiger partial charge is 0.295 e. The molecule has 104 valence electrons. The first-order valence-corrected chi connectivity index (χ1v) is 8.40. The number of nitrogens with zero attached hydrogens (tertiary/aromatic N) is 2. The summed E-state index contributed by atoms with van der Waals surface area (Å²) >= 11 is 0. The van der Waals surface area contributed by atoms with Crippen molar-refractivity contribution in [2.45, 2.75) is 31.9 Å². The zero-order valence-electron chi connectivity index (χ0n) is 10.8. The van der Waals surface area contributed by atoms with Gasteiger partial charge < -0.3 is 0 Å². The van der Waals surface area contributed by atoms with Crippen molar-refractivity contribution >= 4 is 31.5 Å². The molecular weight excluding hydrogens is 288 g/mol. The summed E-state index contributed by atoms with van der Waals surface area (Å²) in [6, 6.07) is 3.78. The van der Waals surface area contributed by atoms with Gasteiger partial charge in [-0.3, -0.25) is 9.69 Å². The van der Waals surface area contributed by atoms with Gasteiger partial charge in [0.1, 0.15) is 11.1 Å². The van der Waals surface area contributed by atoms with E-state index in [2.05, 4.69) is 4.98 Å². The molecule has 7 heteroatoms. The van der Waals surface area contributed by atoms with Crippen molar-refractivity contribution in [3.63, 3.8) is 0 Å². The van der Waals surface area contributed by atoms with E-state index < -0.39 is 14.3 Å². The van der Waals surface area contributed by atoms with E-state index in [1.165, 1.54) is 4.90 Å². The fourth-order valence-corrected chi connectivity index (χ4v) is 3.18. The van der Waals surface area contributed by atoms with Gasteiger partial charge in [-0.15, -0.1) is 0 Å². The number of halogens is 1. The molecule has 0 N–H and O–H groups in total. The molecule has 19 heavy (non-hydrogen) atoms. The first-order valence-electron chi connectivity index (χ1n) is 6.03. The Labute approximate surface area is 117 Å². The first kappa shape index (κ1) is 14.3. The van der Waals surface area contributed by atoms with Crippen LogP contribution < -0.4 is 4.90 Å². The summed E-state index contributed by atoms with van der Waals surface area (Å²) in [5, 5.41) is -0.853. The van der Waals surface area contributed by atoms with Crippen molar-refractivity contribution in [1.29, 1.82) is 0 Å². The number of carbonyl (C=O) groups excluding carboxylic acids is 1. The van der Waals surface area contributed by atoms with Crippen molar-refractivity contribution in [1.82, 2.24) is 4.98 Å².